The van der Waals surface area contributed by atoms with Crippen LogP contribution in [-0.4, -0.2) is 51.8 Å². The molecule has 4 atom stereocenters. The number of rotatable bonds is 7. The number of ketones is 1. The molecule has 1 saturated carbocycles. The van der Waals surface area contributed by atoms with Crippen molar-refractivity contribution in [2.45, 2.75) is 89.8 Å². The molecular weight excluding hydrogens is 648 g/mol. The first-order valence-corrected chi connectivity index (χ1v) is 18.0. The Morgan fingerprint density at radius 2 is 1.73 bits per heavy atom. The second-order valence-corrected chi connectivity index (χ2v) is 14.7. The number of aliphatic hydroxyl groups is 2. The molecule has 4 aromatic carbocycles. The molecule has 8 heteroatoms. The van der Waals surface area contributed by atoms with Crippen molar-refractivity contribution < 1.29 is 33.3 Å². The van der Waals surface area contributed by atoms with E-state index in [9.17, 15) is 28.6 Å². The second-order valence-electron chi connectivity index (χ2n) is 14.7. The van der Waals surface area contributed by atoms with Gasteiger partial charge >= 0.3 is 6.09 Å². The van der Waals surface area contributed by atoms with Crippen LogP contribution in [0.1, 0.15) is 98.7 Å². The maximum atomic E-state index is 14.4. The van der Waals surface area contributed by atoms with E-state index >= 15 is 0 Å². The zero-order chi connectivity index (χ0) is 36.3. The Kier molecular flexibility index (Phi) is 10.7. The summed E-state index contributed by atoms with van der Waals surface area (Å²) in [6, 6.07) is 22.1. The van der Waals surface area contributed by atoms with Crippen molar-refractivity contribution in [1.29, 1.82) is 0 Å². The van der Waals surface area contributed by atoms with Crippen LogP contribution in [0.25, 0.3) is 10.8 Å². The standard InChI is InChI=1S/C43H47F2NO5/c1-4-22-46(41(49)51-34-16-13-30-9-5-6-10-31(30)25-34)27-43(50)21-19-37-35-17-12-29(23-33(47)15-11-28(2)8-7-20-42(37,43)3)24-36(35)40(48)32-14-18-38(44)39(45)26-32/h5-6,8-10,12-14,16-18,24-26,33,37,47,50H,4,7,11,15,19-23,27H2,1-3H3. The van der Waals surface area contributed by atoms with Crippen LogP contribution in [0.15, 0.2) is 90.5 Å². The Labute approximate surface area is 298 Å². The van der Waals surface area contributed by atoms with E-state index in [1.807, 2.05) is 62.4 Å². The van der Waals surface area contributed by atoms with Gasteiger partial charge < -0.3 is 19.8 Å². The van der Waals surface area contributed by atoms with E-state index in [0.717, 1.165) is 34.0 Å². The molecule has 6 nitrogen and oxygen atoms in total. The average molecular weight is 696 g/mol. The molecule has 0 aliphatic heterocycles. The van der Waals surface area contributed by atoms with E-state index in [1.165, 1.54) is 6.07 Å². The maximum Gasteiger partial charge on any atom is 0.415 e. The minimum absolute atomic E-state index is 0.0213. The highest BCUT2D eigenvalue weighted by atomic mass is 19.2. The smallest absolute Gasteiger partial charge is 0.410 e. The molecule has 3 aliphatic rings. The van der Waals surface area contributed by atoms with Gasteiger partial charge in [-0.3, -0.25) is 4.79 Å². The molecule has 3 aliphatic carbocycles. The summed E-state index contributed by atoms with van der Waals surface area (Å²) in [5, 5.41) is 25.7. The molecule has 268 valence electrons. The van der Waals surface area contributed by atoms with Gasteiger partial charge in [0.25, 0.3) is 0 Å². The molecule has 0 aromatic heterocycles. The number of aliphatic hydroxyl groups excluding tert-OH is 1. The number of benzene rings is 4. The minimum Gasteiger partial charge on any atom is -0.410 e. The first-order valence-electron chi connectivity index (χ1n) is 18.0. The highest BCUT2D eigenvalue weighted by molar-refractivity contribution is 6.10. The van der Waals surface area contributed by atoms with E-state index in [-0.39, 0.29) is 18.0 Å². The fourth-order valence-electron chi connectivity index (χ4n) is 8.21. The van der Waals surface area contributed by atoms with Gasteiger partial charge in [-0.05, 0) is 123 Å². The number of ether oxygens (including phenoxy) is 1. The Bertz CT molecular complexity index is 1960. The van der Waals surface area contributed by atoms with E-state index in [2.05, 4.69) is 13.0 Å². The molecule has 0 radical (unpaired) electrons. The van der Waals surface area contributed by atoms with Crippen LogP contribution in [-0.2, 0) is 6.42 Å². The minimum atomic E-state index is -1.34. The quantitative estimate of drug-likeness (QED) is 0.149. The van der Waals surface area contributed by atoms with Crippen molar-refractivity contribution in [2.75, 3.05) is 13.1 Å². The number of fused-ring (bicyclic) bond motifs is 9. The van der Waals surface area contributed by atoms with Gasteiger partial charge in [0, 0.05) is 23.1 Å². The van der Waals surface area contributed by atoms with Crippen molar-refractivity contribution in [1.82, 2.24) is 4.90 Å². The summed E-state index contributed by atoms with van der Waals surface area (Å²) >= 11 is 0. The summed E-state index contributed by atoms with van der Waals surface area (Å²) in [5.74, 6) is -2.48. The SMILES string of the molecule is CCCN(CC1(O)CCC2c3ccc(cc3C(=O)c3ccc(F)c(F)c3)CC(O)CCC(C)=CCCC21C)C(=O)Oc1ccc2ccccc2c1. The lowest BCUT2D eigenvalue weighted by Crippen LogP contribution is -2.54. The largest absolute Gasteiger partial charge is 0.415 e. The third kappa shape index (κ3) is 7.63. The first-order chi connectivity index (χ1) is 24.4. The van der Waals surface area contributed by atoms with Gasteiger partial charge in [0.2, 0.25) is 0 Å². The molecule has 2 bridgehead atoms. The lowest BCUT2D eigenvalue weighted by Gasteiger charge is -2.46. The van der Waals surface area contributed by atoms with Gasteiger partial charge in [0.1, 0.15) is 5.75 Å². The topological polar surface area (TPSA) is 87.1 Å². The lowest BCUT2D eigenvalue weighted by molar-refractivity contribution is -0.0790. The van der Waals surface area contributed by atoms with Crippen LogP contribution in [0.4, 0.5) is 13.6 Å². The van der Waals surface area contributed by atoms with E-state index in [0.29, 0.717) is 74.8 Å². The third-order valence-electron chi connectivity index (χ3n) is 11.2. The van der Waals surface area contributed by atoms with Crippen LogP contribution in [0, 0.1) is 17.0 Å². The Balaban J connectivity index is 1.38. The van der Waals surface area contributed by atoms with Crippen LogP contribution < -0.4 is 4.74 Å². The number of hydrogen-bond donors (Lipinski definition) is 2. The second kappa shape index (κ2) is 15.1. The highest BCUT2D eigenvalue weighted by Gasteiger charge is 2.57. The Morgan fingerprint density at radius 1 is 0.941 bits per heavy atom. The summed E-state index contributed by atoms with van der Waals surface area (Å²) in [4.78, 5) is 29.5. The molecule has 4 unspecified atom stereocenters. The maximum absolute atomic E-state index is 14.4. The molecule has 2 N–H and O–H groups in total. The molecule has 51 heavy (non-hydrogen) atoms. The summed E-state index contributed by atoms with van der Waals surface area (Å²) in [6.45, 7) is 6.49. The molecule has 7 rings (SSSR count). The normalized spacial score (nSPS) is 23.7. The lowest BCUT2D eigenvalue weighted by atomic mass is 9.64. The molecule has 0 heterocycles. The number of carbonyl (C=O) groups is 2. The molecule has 0 saturated heterocycles. The van der Waals surface area contributed by atoms with Gasteiger partial charge in [0.15, 0.2) is 17.4 Å². The zero-order valence-corrected chi connectivity index (χ0v) is 29.6. The predicted molar refractivity (Wildman–Crippen MR) is 195 cm³/mol. The fourth-order valence-corrected chi connectivity index (χ4v) is 8.21. The first kappa shape index (κ1) is 36.4. The van der Waals surface area contributed by atoms with Crippen LogP contribution in [0.5, 0.6) is 5.75 Å². The highest BCUT2D eigenvalue weighted by Crippen LogP contribution is 2.59. The summed E-state index contributed by atoms with van der Waals surface area (Å²) in [7, 11) is 0. The monoisotopic (exact) mass is 695 g/mol. The molecule has 4 aromatic rings. The Morgan fingerprint density at radius 3 is 2.49 bits per heavy atom. The van der Waals surface area contributed by atoms with Crippen LogP contribution >= 0.6 is 0 Å². The Hall–Kier alpha value is -4.40. The van der Waals surface area contributed by atoms with Gasteiger partial charge in [0.05, 0.1) is 18.2 Å². The van der Waals surface area contributed by atoms with Gasteiger partial charge in [-0.2, -0.15) is 0 Å². The zero-order valence-electron chi connectivity index (χ0n) is 29.6. The van der Waals surface area contributed by atoms with Crippen molar-refractivity contribution >= 4 is 22.6 Å². The van der Waals surface area contributed by atoms with E-state index < -0.39 is 40.6 Å². The van der Waals surface area contributed by atoms with Crippen molar-refractivity contribution in [3.8, 4) is 5.75 Å². The van der Waals surface area contributed by atoms with Crippen molar-refractivity contribution in [2.24, 2.45) is 5.41 Å². The number of nitrogens with zero attached hydrogens (tertiary/aromatic N) is 1. The summed E-state index contributed by atoms with van der Waals surface area (Å²) in [6.07, 6.45) is 5.37. The number of carbonyl (C=O) groups excluding carboxylic acids is 2. The van der Waals surface area contributed by atoms with Gasteiger partial charge in [-0.15, -0.1) is 0 Å². The van der Waals surface area contributed by atoms with Crippen LogP contribution in [0.3, 0.4) is 0 Å². The van der Waals surface area contributed by atoms with E-state index in [4.69, 9.17) is 4.74 Å². The number of halogens is 2. The fraction of sp³-hybridized carbons (Fsp3) is 0.395. The number of allylic oxidation sites excluding steroid dienone is 2. The van der Waals surface area contributed by atoms with Gasteiger partial charge in [-0.1, -0.05) is 68.0 Å². The molecular formula is C43H47F2NO5. The number of amides is 1. The molecule has 1 amide bonds. The summed E-state index contributed by atoms with van der Waals surface area (Å²) < 4.78 is 34.2. The number of hydrogen-bond acceptors (Lipinski definition) is 5. The third-order valence-corrected chi connectivity index (χ3v) is 11.2. The van der Waals surface area contributed by atoms with Crippen molar-refractivity contribution in [3.05, 3.63) is 124 Å². The predicted octanol–water partition coefficient (Wildman–Crippen LogP) is 9.30. The van der Waals surface area contributed by atoms with E-state index in [1.54, 1.807) is 17.0 Å². The summed E-state index contributed by atoms with van der Waals surface area (Å²) in [5.41, 5.74) is 0.848. The molecule has 1 fully saturated rings. The van der Waals surface area contributed by atoms with Gasteiger partial charge in [-0.25, -0.2) is 13.6 Å². The molecule has 0 spiro atoms. The van der Waals surface area contributed by atoms with Crippen LogP contribution in [0.2, 0.25) is 0 Å². The van der Waals surface area contributed by atoms with Crippen molar-refractivity contribution in [3.63, 3.8) is 0 Å². The average Bonchev–Trinajstić information content (AvgIpc) is 3.36.